The molecule has 2 aromatic carbocycles. The number of nitrogens with zero attached hydrogens (tertiary/aromatic N) is 1. The van der Waals surface area contributed by atoms with Gasteiger partial charge >= 0.3 is 0 Å². The van der Waals surface area contributed by atoms with E-state index in [0.29, 0.717) is 34.6 Å². The molecule has 0 bridgehead atoms. The smallest absolute Gasteiger partial charge is 0.271 e. The largest absolute Gasteiger partial charge is 0.490 e. The van der Waals surface area contributed by atoms with E-state index in [1.54, 1.807) is 24.3 Å². The zero-order valence-corrected chi connectivity index (χ0v) is 14.0. The van der Waals surface area contributed by atoms with Crippen LogP contribution in [0.1, 0.15) is 18.9 Å². The molecule has 1 N–H and O–H groups in total. The van der Waals surface area contributed by atoms with Crippen LogP contribution in [0.2, 0.25) is 10.0 Å². The average molecular weight is 355 g/mol. The highest BCUT2D eigenvalue weighted by Gasteiger charge is 2.10. The number of rotatable bonds is 7. The first kappa shape index (κ1) is 17.4. The number of benzene rings is 2. The first-order valence-electron chi connectivity index (χ1n) is 7.10. The summed E-state index contributed by atoms with van der Waals surface area (Å²) in [5.74, 6) is 0.481. The van der Waals surface area contributed by atoms with Crippen molar-refractivity contribution in [1.29, 1.82) is 0 Å². The molecule has 0 saturated heterocycles. The number of non-ortho nitro benzene ring substituents is 1. The Morgan fingerprint density at radius 1 is 1.22 bits per heavy atom. The zero-order chi connectivity index (χ0) is 16.8. The lowest BCUT2D eigenvalue weighted by atomic mass is 10.2. The number of anilines is 1. The molecular formula is C16H16Cl2N2O3. The number of hydrogen-bond acceptors (Lipinski definition) is 4. The van der Waals surface area contributed by atoms with E-state index < -0.39 is 4.92 Å². The molecule has 0 radical (unpaired) electrons. The predicted molar refractivity (Wildman–Crippen MR) is 92.7 cm³/mol. The molecular weight excluding hydrogens is 339 g/mol. The maximum absolute atomic E-state index is 10.8. The molecule has 122 valence electrons. The van der Waals surface area contributed by atoms with Crippen molar-refractivity contribution in [2.24, 2.45) is 0 Å². The summed E-state index contributed by atoms with van der Waals surface area (Å²) >= 11 is 12.4. The fraction of sp³-hybridized carbons (Fsp3) is 0.250. The number of nitro benzene ring substituents is 1. The van der Waals surface area contributed by atoms with Gasteiger partial charge in [0.25, 0.3) is 5.69 Å². The average Bonchev–Trinajstić information content (AvgIpc) is 2.52. The van der Waals surface area contributed by atoms with E-state index in [2.05, 4.69) is 5.32 Å². The first-order chi connectivity index (χ1) is 11.0. The molecule has 0 spiro atoms. The molecule has 0 aliphatic carbocycles. The Kier molecular flexibility index (Phi) is 6.07. The van der Waals surface area contributed by atoms with Crippen LogP contribution in [-0.4, -0.2) is 11.5 Å². The molecule has 5 nitrogen and oxygen atoms in total. The van der Waals surface area contributed by atoms with Gasteiger partial charge in [-0.15, -0.1) is 0 Å². The summed E-state index contributed by atoms with van der Waals surface area (Å²) in [4.78, 5) is 10.3. The summed E-state index contributed by atoms with van der Waals surface area (Å²) in [7, 11) is 0. The number of nitro groups is 1. The van der Waals surface area contributed by atoms with Gasteiger partial charge in [-0.1, -0.05) is 36.2 Å². The fourth-order valence-electron chi connectivity index (χ4n) is 1.99. The summed E-state index contributed by atoms with van der Waals surface area (Å²) in [6.07, 6.45) is 0.864. The minimum Gasteiger partial charge on any atom is -0.490 e. The standard InChI is InChI=1S/C16H16Cl2N2O3/c1-2-6-23-16-14(17)7-11(8-15(16)18)10-19-12-4-3-5-13(9-12)20(21)22/h3-5,7-9,19H,2,6,10H2,1H3. The van der Waals surface area contributed by atoms with Gasteiger partial charge in [-0.05, 0) is 30.2 Å². The van der Waals surface area contributed by atoms with Crippen LogP contribution >= 0.6 is 23.2 Å². The van der Waals surface area contributed by atoms with E-state index in [4.69, 9.17) is 27.9 Å². The van der Waals surface area contributed by atoms with Crippen LogP contribution in [0.3, 0.4) is 0 Å². The van der Waals surface area contributed by atoms with Crippen LogP contribution in [0.25, 0.3) is 0 Å². The lowest BCUT2D eigenvalue weighted by Gasteiger charge is -2.12. The molecule has 0 amide bonds. The van der Waals surface area contributed by atoms with Gasteiger partial charge in [0.15, 0.2) is 5.75 Å². The number of nitrogens with one attached hydrogen (secondary N) is 1. The topological polar surface area (TPSA) is 64.4 Å². The third kappa shape index (κ3) is 4.74. The molecule has 7 heteroatoms. The Morgan fingerprint density at radius 2 is 1.91 bits per heavy atom. The second kappa shape index (κ2) is 8.04. The van der Waals surface area contributed by atoms with Gasteiger partial charge in [-0.3, -0.25) is 10.1 Å². The highest BCUT2D eigenvalue weighted by molar-refractivity contribution is 6.37. The Labute approximate surface area is 144 Å². The van der Waals surface area contributed by atoms with Crippen LogP contribution in [0.4, 0.5) is 11.4 Å². The minimum absolute atomic E-state index is 0.0365. The van der Waals surface area contributed by atoms with Gasteiger partial charge in [0.05, 0.1) is 21.6 Å². The van der Waals surface area contributed by atoms with Crippen molar-refractivity contribution in [3.05, 3.63) is 62.1 Å². The van der Waals surface area contributed by atoms with Gasteiger partial charge in [0.2, 0.25) is 0 Å². The molecule has 0 saturated carbocycles. The normalized spacial score (nSPS) is 10.4. The van der Waals surface area contributed by atoms with Gasteiger partial charge in [-0.2, -0.15) is 0 Å². The van der Waals surface area contributed by atoms with Crippen LogP contribution in [0, 0.1) is 10.1 Å². The zero-order valence-electron chi connectivity index (χ0n) is 12.5. The molecule has 0 atom stereocenters. The number of halogens is 2. The van der Waals surface area contributed by atoms with Gasteiger partial charge in [-0.25, -0.2) is 0 Å². The Hall–Kier alpha value is -1.98. The summed E-state index contributed by atoms with van der Waals surface area (Å²) in [6.45, 7) is 2.98. The van der Waals surface area contributed by atoms with Crippen molar-refractivity contribution in [3.8, 4) is 5.75 Å². The van der Waals surface area contributed by atoms with Gasteiger partial charge < -0.3 is 10.1 Å². The van der Waals surface area contributed by atoms with Crippen molar-refractivity contribution in [2.75, 3.05) is 11.9 Å². The van der Waals surface area contributed by atoms with E-state index in [1.165, 1.54) is 12.1 Å². The van der Waals surface area contributed by atoms with Gasteiger partial charge in [0, 0.05) is 24.4 Å². The number of hydrogen-bond donors (Lipinski definition) is 1. The molecule has 0 fully saturated rings. The molecule has 0 aromatic heterocycles. The third-order valence-electron chi connectivity index (χ3n) is 3.06. The maximum Gasteiger partial charge on any atom is 0.271 e. The monoisotopic (exact) mass is 354 g/mol. The summed E-state index contributed by atoms with van der Waals surface area (Å²) in [5.41, 5.74) is 1.54. The van der Waals surface area contributed by atoms with E-state index in [9.17, 15) is 10.1 Å². The van der Waals surface area contributed by atoms with Crippen LogP contribution in [-0.2, 0) is 6.54 Å². The van der Waals surface area contributed by atoms with Crippen molar-refractivity contribution >= 4 is 34.6 Å². The highest BCUT2D eigenvalue weighted by Crippen LogP contribution is 2.34. The van der Waals surface area contributed by atoms with E-state index in [0.717, 1.165) is 12.0 Å². The number of ether oxygens (including phenoxy) is 1. The van der Waals surface area contributed by atoms with Gasteiger partial charge in [0.1, 0.15) is 0 Å². The Bertz CT molecular complexity index is 684. The van der Waals surface area contributed by atoms with Crippen molar-refractivity contribution in [2.45, 2.75) is 19.9 Å². The van der Waals surface area contributed by atoms with E-state index in [-0.39, 0.29) is 5.69 Å². The SMILES string of the molecule is CCCOc1c(Cl)cc(CNc2cccc([N+](=O)[O-])c2)cc1Cl. The van der Waals surface area contributed by atoms with E-state index in [1.807, 2.05) is 6.92 Å². The molecule has 0 aliphatic rings. The van der Waals surface area contributed by atoms with Crippen LogP contribution in [0.15, 0.2) is 36.4 Å². The summed E-state index contributed by atoms with van der Waals surface area (Å²) in [6, 6.07) is 9.84. The molecule has 2 aromatic rings. The predicted octanol–water partition coefficient (Wildman–Crippen LogP) is 5.30. The minimum atomic E-state index is -0.432. The van der Waals surface area contributed by atoms with Crippen molar-refractivity contribution < 1.29 is 9.66 Å². The quantitative estimate of drug-likeness (QED) is 0.540. The lowest BCUT2D eigenvalue weighted by molar-refractivity contribution is -0.384. The van der Waals surface area contributed by atoms with Crippen LogP contribution in [0.5, 0.6) is 5.75 Å². The summed E-state index contributed by atoms with van der Waals surface area (Å²) < 4.78 is 5.52. The van der Waals surface area contributed by atoms with Crippen molar-refractivity contribution in [1.82, 2.24) is 0 Å². The van der Waals surface area contributed by atoms with E-state index >= 15 is 0 Å². The molecule has 0 unspecified atom stereocenters. The van der Waals surface area contributed by atoms with Crippen molar-refractivity contribution in [3.63, 3.8) is 0 Å². The highest BCUT2D eigenvalue weighted by atomic mass is 35.5. The lowest BCUT2D eigenvalue weighted by Crippen LogP contribution is -2.02. The first-order valence-corrected chi connectivity index (χ1v) is 7.86. The Morgan fingerprint density at radius 3 is 2.52 bits per heavy atom. The second-order valence-electron chi connectivity index (χ2n) is 4.90. The summed E-state index contributed by atoms with van der Waals surface area (Å²) in [5, 5.41) is 14.8. The second-order valence-corrected chi connectivity index (χ2v) is 5.71. The molecule has 0 heterocycles. The fourth-order valence-corrected chi connectivity index (χ4v) is 2.63. The third-order valence-corrected chi connectivity index (χ3v) is 3.62. The van der Waals surface area contributed by atoms with Crippen LogP contribution < -0.4 is 10.1 Å². The molecule has 0 aliphatic heterocycles. The molecule has 23 heavy (non-hydrogen) atoms. The maximum atomic E-state index is 10.8. The molecule has 2 rings (SSSR count). The Balaban J connectivity index is 2.09.